The van der Waals surface area contributed by atoms with E-state index in [0.29, 0.717) is 13.0 Å². The van der Waals surface area contributed by atoms with E-state index in [4.69, 9.17) is 9.16 Å². The number of hydrogen-bond acceptors (Lipinski definition) is 4. The van der Waals surface area contributed by atoms with Crippen LogP contribution in [0, 0.1) is 0 Å². The largest absolute Gasteiger partial charge is 0.469 e. The molecular weight excluding hydrogens is 414 g/mol. The Kier molecular flexibility index (Phi) is 9.85. The molecule has 0 radical (unpaired) electrons. The van der Waals surface area contributed by atoms with Gasteiger partial charge in [0.15, 0.2) is 8.32 Å². The first kappa shape index (κ1) is 26.0. The van der Waals surface area contributed by atoms with Crippen LogP contribution in [0.4, 0.5) is 0 Å². The summed E-state index contributed by atoms with van der Waals surface area (Å²) in [5.74, 6) is -0.131. The molecule has 1 heterocycles. The number of methoxy groups -OCH3 is 1. The van der Waals surface area contributed by atoms with Crippen LogP contribution in [-0.2, 0) is 20.6 Å². The number of nitrogens with zero attached hydrogens (tertiary/aromatic N) is 1. The number of pyridine rings is 1. The Morgan fingerprint density at radius 1 is 1.06 bits per heavy atom. The average molecular weight is 454 g/mol. The minimum absolute atomic E-state index is 0.131. The maximum atomic E-state index is 11.3. The van der Waals surface area contributed by atoms with E-state index in [1.807, 2.05) is 12.3 Å². The van der Waals surface area contributed by atoms with Gasteiger partial charge in [-0.05, 0) is 66.2 Å². The third-order valence-electron chi connectivity index (χ3n) is 6.28. The van der Waals surface area contributed by atoms with Crippen molar-refractivity contribution < 1.29 is 14.0 Å². The molecule has 0 aliphatic rings. The smallest absolute Gasteiger partial charge is 0.305 e. The van der Waals surface area contributed by atoms with Crippen LogP contribution in [0.3, 0.4) is 0 Å². The standard InChI is InChI=1S/C27H39NO3Si/c1-27(2,3)32(5,6)31-21-22-13-11-14-23(19-22)25(24-15-12-18-28-20-24)16-9-7-8-10-17-26(29)30-4/h11-16,18-20H,7-10,17,21H2,1-6H3/b25-16-. The summed E-state index contributed by atoms with van der Waals surface area (Å²) in [7, 11) is -0.357. The van der Waals surface area contributed by atoms with Crippen molar-refractivity contribution in [2.75, 3.05) is 7.11 Å². The molecule has 0 aliphatic heterocycles. The van der Waals surface area contributed by atoms with Crippen molar-refractivity contribution in [1.82, 2.24) is 4.98 Å². The summed E-state index contributed by atoms with van der Waals surface area (Å²) in [6.45, 7) is 12.0. The Bertz CT molecular complexity index is 885. The minimum Gasteiger partial charge on any atom is -0.469 e. The van der Waals surface area contributed by atoms with E-state index < -0.39 is 8.32 Å². The summed E-state index contributed by atoms with van der Waals surface area (Å²) in [6, 6.07) is 12.7. The summed E-state index contributed by atoms with van der Waals surface area (Å²) in [5.41, 5.74) is 4.69. The molecular formula is C27H39NO3Si. The second-order valence-corrected chi connectivity index (χ2v) is 14.6. The lowest BCUT2D eigenvalue weighted by Gasteiger charge is -2.36. The Morgan fingerprint density at radius 2 is 1.81 bits per heavy atom. The third-order valence-corrected chi connectivity index (χ3v) is 10.8. The van der Waals surface area contributed by atoms with E-state index in [-0.39, 0.29) is 11.0 Å². The van der Waals surface area contributed by atoms with E-state index in [1.54, 1.807) is 6.20 Å². The number of benzene rings is 1. The number of carbonyl (C=O) groups excluding carboxylic acids is 1. The zero-order chi connectivity index (χ0) is 23.6. The molecule has 0 bridgehead atoms. The maximum Gasteiger partial charge on any atom is 0.305 e. The van der Waals surface area contributed by atoms with E-state index in [0.717, 1.165) is 31.2 Å². The number of ether oxygens (including phenoxy) is 1. The highest BCUT2D eigenvalue weighted by Crippen LogP contribution is 2.37. The molecule has 4 nitrogen and oxygen atoms in total. The topological polar surface area (TPSA) is 48.4 Å². The van der Waals surface area contributed by atoms with E-state index >= 15 is 0 Å². The number of esters is 1. The summed E-state index contributed by atoms with van der Waals surface area (Å²) in [4.78, 5) is 15.6. The highest BCUT2D eigenvalue weighted by Gasteiger charge is 2.37. The fourth-order valence-corrected chi connectivity index (χ4v) is 4.13. The minimum atomic E-state index is -1.80. The summed E-state index contributed by atoms with van der Waals surface area (Å²) < 4.78 is 11.2. The molecule has 1 aromatic heterocycles. The number of carbonyl (C=O) groups is 1. The summed E-state index contributed by atoms with van der Waals surface area (Å²) in [6.07, 6.45) is 10.4. The molecule has 0 saturated heterocycles. The molecule has 174 valence electrons. The number of allylic oxidation sites excluding steroid dienone is 1. The van der Waals surface area contributed by atoms with Gasteiger partial charge in [0.25, 0.3) is 0 Å². The zero-order valence-electron chi connectivity index (χ0n) is 20.6. The van der Waals surface area contributed by atoms with Crippen LogP contribution in [-0.4, -0.2) is 26.4 Å². The van der Waals surface area contributed by atoms with Crippen molar-refractivity contribution in [3.63, 3.8) is 0 Å². The van der Waals surface area contributed by atoms with Gasteiger partial charge in [0.1, 0.15) is 0 Å². The number of hydrogen-bond donors (Lipinski definition) is 0. The summed E-state index contributed by atoms with van der Waals surface area (Å²) >= 11 is 0. The second kappa shape index (κ2) is 12.1. The van der Waals surface area contributed by atoms with Gasteiger partial charge in [0.05, 0.1) is 13.7 Å². The normalized spacial score (nSPS) is 12.6. The lowest BCUT2D eigenvalue weighted by Crippen LogP contribution is -2.40. The van der Waals surface area contributed by atoms with Gasteiger partial charge in [-0.15, -0.1) is 0 Å². The van der Waals surface area contributed by atoms with E-state index in [9.17, 15) is 4.79 Å². The summed E-state index contributed by atoms with van der Waals surface area (Å²) in [5, 5.41) is 0.194. The number of rotatable bonds is 11. The SMILES string of the molecule is COC(=O)CCCCC/C=C(\c1cccnc1)c1cccc(CO[Si](C)(C)C(C)(C)C)c1. The molecule has 0 aliphatic carbocycles. The van der Waals surface area contributed by atoms with Crippen LogP contribution in [0.25, 0.3) is 5.57 Å². The van der Waals surface area contributed by atoms with Gasteiger partial charge >= 0.3 is 5.97 Å². The van der Waals surface area contributed by atoms with Crippen molar-refractivity contribution >= 4 is 19.9 Å². The van der Waals surface area contributed by atoms with Gasteiger partial charge in [0, 0.05) is 24.4 Å². The molecule has 32 heavy (non-hydrogen) atoms. The van der Waals surface area contributed by atoms with Gasteiger partial charge in [-0.2, -0.15) is 0 Å². The van der Waals surface area contributed by atoms with Gasteiger partial charge in [-0.25, -0.2) is 0 Å². The van der Waals surface area contributed by atoms with E-state index in [2.05, 4.69) is 75.3 Å². The first-order valence-electron chi connectivity index (χ1n) is 11.5. The molecule has 0 unspecified atom stereocenters. The van der Waals surface area contributed by atoms with Crippen LogP contribution < -0.4 is 0 Å². The second-order valence-electron chi connectivity index (χ2n) is 9.78. The van der Waals surface area contributed by atoms with Gasteiger partial charge in [-0.1, -0.05) is 57.5 Å². The first-order valence-corrected chi connectivity index (χ1v) is 14.5. The van der Waals surface area contributed by atoms with E-state index in [1.165, 1.54) is 23.8 Å². The monoisotopic (exact) mass is 453 g/mol. The highest BCUT2D eigenvalue weighted by molar-refractivity contribution is 6.74. The van der Waals surface area contributed by atoms with Crippen molar-refractivity contribution in [2.45, 2.75) is 77.6 Å². The van der Waals surface area contributed by atoms with Crippen LogP contribution in [0.2, 0.25) is 18.1 Å². The number of aromatic nitrogens is 1. The fourth-order valence-electron chi connectivity index (χ4n) is 3.17. The Labute approximate surface area is 195 Å². The lowest BCUT2D eigenvalue weighted by molar-refractivity contribution is -0.140. The molecule has 5 heteroatoms. The molecule has 0 amide bonds. The van der Waals surface area contributed by atoms with Crippen molar-refractivity contribution in [3.05, 3.63) is 71.6 Å². The van der Waals surface area contributed by atoms with Crippen molar-refractivity contribution in [1.29, 1.82) is 0 Å². The molecule has 0 N–H and O–H groups in total. The van der Waals surface area contributed by atoms with Crippen molar-refractivity contribution in [2.24, 2.45) is 0 Å². The highest BCUT2D eigenvalue weighted by atomic mass is 28.4. The van der Waals surface area contributed by atoms with Gasteiger partial charge in [-0.3, -0.25) is 9.78 Å². The maximum absolute atomic E-state index is 11.3. The molecule has 0 saturated carbocycles. The quantitative estimate of drug-likeness (QED) is 0.206. The first-order chi connectivity index (χ1) is 15.1. The van der Waals surface area contributed by atoms with Crippen LogP contribution >= 0.6 is 0 Å². The Hall–Kier alpha value is -2.24. The zero-order valence-corrected chi connectivity index (χ0v) is 21.6. The van der Waals surface area contributed by atoms with Crippen LogP contribution in [0.1, 0.15) is 69.6 Å². The molecule has 0 atom stereocenters. The Balaban J connectivity index is 2.13. The van der Waals surface area contributed by atoms with Crippen LogP contribution in [0.5, 0.6) is 0 Å². The predicted molar refractivity (Wildman–Crippen MR) is 135 cm³/mol. The third kappa shape index (κ3) is 8.03. The molecule has 0 spiro atoms. The molecule has 2 aromatic rings. The fraction of sp³-hybridized carbons (Fsp3) is 0.481. The molecule has 2 rings (SSSR count). The Morgan fingerprint density at radius 3 is 2.47 bits per heavy atom. The van der Waals surface area contributed by atoms with Crippen molar-refractivity contribution in [3.8, 4) is 0 Å². The average Bonchev–Trinajstić information content (AvgIpc) is 2.77. The number of unbranched alkanes of at least 4 members (excludes halogenated alkanes) is 3. The lowest BCUT2D eigenvalue weighted by atomic mass is 9.96. The molecule has 0 fully saturated rings. The van der Waals surface area contributed by atoms with Crippen LogP contribution in [0.15, 0.2) is 54.9 Å². The van der Waals surface area contributed by atoms with Gasteiger partial charge < -0.3 is 9.16 Å². The predicted octanol–water partition coefficient (Wildman–Crippen LogP) is 7.16. The molecule has 1 aromatic carbocycles. The van der Waals surface area contributed by atoms with Gasteiger partial charge in [0.2, 0.25) is 0 Å².